The lowest BCUT2D eigenvalue weighted by Crippen LogP contribution is -2.41. The molecule has 0 saturated carbocycles. The van der Waals surface area contributed by atoms with Gasteiger partial charge in [-0.05, 0) is 62.7 Å². The van der Waals surface area contributed by atoms with Gasteiger partial charge in [0.25, 0.3) is 5.91 Å². The van der Waals surface area contributed by atoms with Crippen molar-refractivity contribution < 1.29 is 33.0 Å². The monoisotopic (exact) mass is 403 g/mol. The fourth-order valence-corrected chi connectivity index (χ4v) is 2.33. The van der Waals surface area contributed by atoms with Crippen LogP contribution in [0.1, 0.15) is 29.8 Å². The van der Waals surface area contributed by atoms with E-state index in [4.69, 9.17) is 9.47 Å². The third-order valence-corrected chi connectivity index (χ3v) is 3.95. The molecule has 1 N–H and O–H groups in total. The number of aryl methyl sites for hydroxylation is 1. The topological polar surface area (TPSA) is 90.9 Å². The first-order valence-electron chi connectivity index (χ1n) is 8.73. The van der Waals surface area contributed by atoms with Crippen LogP contribution in [0.2, 0.25) is 0 Å². The molecule has 0 atom stereocenters. The van der Waals surface area contributed by atoms with Gasteiger partial charge in [-0.25, -0.2) is 14.0 Å². The van der Waals surface area contributed by atoms with Crippen LogP contribution in [0.5, 0.6) is 5.75 Å². The Kier molecular flexibility index (Phi) is 6.93. The fourth-order valence-electron chi connectivity index (χ4n) is 2.33. The molecule has 0 radical (unpaired) electrons. The van der Waals surface area contributed by atoms with Gasteiger partial charge in [0.2, 0.25) is 0 Å². The number of ether oxygens (including phenoxy) is 3. The lowest BCUT2D eigenvalue weighted by molar-refractivity contribution is -0.161. The van der Waals surface area contributed by atoms with E-state index in [0.29, 0.717) is 5.69 Å². The number of amides is 1. The first kappa shape index (κ1) is 21.9. The number of hydrogen-bond donors (Lipinski definition) is 1. The molecule has 1 amide bonds. The smallest absolute Gasteiger partial charge is 0.350 e. The summed E-state index contributed by atoms with van der Waals surface area (Å²) in [4.78, 5) is 36.1. The van der Waals surface area contributed by atoms with E-state index in [1.807, 2.05) is 0 Å². The molecule has 0 aliphatic carbocycles. The second-order valence-corrected chi connectivity index (χ2v) is 6.71. The molecule has 29 heavy (non-hydrogen) atoms. The Hall–Kier alpha value is -3.42. The van der Waals surface area contributed by atoms with Gasteiger partial charge in [0, 0.05) is 5.69 Å². The molecule has 2 aromatic carbocycles. The van der Waals surface area contributed by atoms with Gasteiger partial charge < -0.3 is 19.5 Å². The highest BCUT2D eigenvalue weighted by Gasteiger charge is 2.32. The molecule has 7 nitrogen and oxygen atoms in total. The van der Waals surface area contributed by atoms with Crippen LogP contribution >= 0.6 is 0 Å². The van der Waals surface area contributed by atoms with E-state index >= 15 is 0 Å². The molecule has 0 aromatic heterocycles. The maximum atomic E-state index is 13.0. The highest BCUT2D eigenvalue weighted by atomic mass is 19.1. The molecule has 2 rings (SSSR count). The molecular weight excluding hydrogens is 381 g/mol. The summed E-state index contributed by atoms with van der Waals surface area (Å²) in [6.45, 7) is 4.15. The molecular formula is C21H22FNO6. The van der Waals surface area contributed by atoms with Crippen LogP contribution in [-0.4, -0.2) is 37.2 Å². The molecule has 0 fully saturated rings. The Morgan fingerprint density at radius 3 is 2.34 bits per heavy atom. The van der Waals surface area contributed by atoms with Crippen molar-refractivity contribution in [3.8, 4) is 5.75 Å². The van der Waals surface area contributed by atoms with Gasteiger partial charge in [0.15, 0.2) is 12.2 Å². The minimum Gasteiger partial charge on any atom is -0.476 e. The number of esters is 2. The van der Waals surface area contributed by atoms with Gasteiger partial charge in [0.1, 0.15) is 11.6 Å². The summed E-state index contributed by atoms with van der Waals surface area (Å²) < 4.78 is 28.2. The average Bonchev–Trinajstić information content (AvgIpc) is 2.68. The second kappa shape index (κ2) is 9.18. The summed E-state index contributed by atoms with van der Waals surface area (Å²) in [5.41, 5.74) is 0.00560. The van der Waals surface area contributed by atoms with Gasteiger partial charge in [-0.1, -0.05) is 6.07 Å². The van der Waals surface area contributed by atoms with Crippen LogP contribution in [-0.2, 0) is 19.1 Å². The molecule has 0 heterocycles. The first-order chi connectivity index (χ1) is 13.6. The van der Waals surface area contributed by atoms with E-state index in [0.717, 1.165) is 5.56 Å². The van der Waals surface area contributed by atoms with Crippen molar-refractivity contribution in [3.05, 3.63) is 59.4 Å². The van der Waals surface area contributed by atoms with Crippen LogP contribution in [0.15, 0.2) is 42.5 Å². The van der Waals surface area contributed by atoms with Gasteiger partial charge in [-0.2, -0.15) is 0 Å². The van der Waals surface area contributed by atoms with Crippen molar-refractivity contribution in [2.45, 2.75) is 26.4 Å². The van der Waals surface area contributed by atoms with Crippen molar-refractivity contribution in [1.29, 1.82) is 0 Å². The Morgan fingerprint density at radius 1 is 1.07 bits per heavy atom. The lowest BCUT2D eigenvalue weighted by atomic mass is 10.1. The number of benzene rings is 2. The highest BCUT2D eigenvalue weighted by molar-refractivity contribution is 5.96. The molecule has 8 heteroatoms. The Labute approximate surface area is 167 Å². The highest BCUT2D eigenvalue weighted by Crippen LogP contribution is 2.20. The van der Waals surface area contributed by atoms with Crippen LogP contribution < -0.4 is 10.1 Å². The maximum Gasteiger partial charge on any atom is 0.350 e. The molecule has 0 unspecified atom stereocenters. The standard InChI is InChI=1S/C21H22FNO6/c1-13-5-6-14(19(25)27-4)11-17(13)23-18(24)12-28-20(26)21(2,3)29-16-9-7-15(22)8-10-16/h5-11H,12H2,1-4H3,(H,23,24). The Balaban J connectivity index is 1.95. The van der Waals surface area contributed by atoms with Gasteiger partial charge >= 0.3 is 11.9 Å². The van der Waals surface area contributed by atoms with Crippen molar-refractivity contribution in [3.63, 3.8) is 0 Å². The summed E-state index contributed by atoms with van der Waals surface area (Å²) >= 11 is 0. The predicted octanol–water partition coefficient (Wildman–Crippen LogP) is 3.26. The lowest BCUT2D eigenvalue weighted by Gasteiger charge is -2.24. The average molecular weight is 403 g/mol. The summed E-state index contributed by atoms with van der Waals surface area (Å²) in [7, 11) is 1.26. The molecule has 0 bridgehead atoms. The van der Waals surface area contributed by atoms with E-state index in [1.54, 1.807) is 19.1 Å². The minimum atomic E-state index is -1.39. The van der Waals surface area contributed by atoms with E-state index in [9.17, 15) is 18.8 Å². The number of carbonyl (C=O) groups is 3. The zero-order chi connectivity index (χ0) is 21.6. The summed E-state index contributed by atoms with van der Waals surface area (Å²) in [6.07, 6.45) is 0. The van der Waals surface area contributed by atoms with E-state index in [1.165, 1.54) is 51.3 Å². The Bertz CT molecular complexity index is 908. The summed E-state index contributed by atoms with van der Waals surface area (Å²) in [6, 6.07) is 9.88. The van der Waals surface area contributed by atoms with E-state index < -0.39 is 35.9 Å². The molecule has 0 spiro atoms. The largest absolute Gasteiger partial charge is 0.476 e. The van der Waals surface area contributed by atoms with E-state index in [-0.39, 0.29) is 11.3 Å². The molecule has 2 aromatic rings. The predicted molar refractivity (Wildman–Crippen MR) is 103 cm³/mol. The number of methoxy groups -OCH3 is 1. The molecule has 0 aliphatic heterocycles. The number of hydrogen-bond acceptors (Lipinski definition) is 6. The number of anilines is 1. The number of nitrogens with one attached hydrogen (secondary N) is 1. The maximum absolute atomic E-state index is 13.0. The fraction of sp³-hybridized carbons (Fsp3) is 0.286. The molecule has 0 aliphatic rings. The normalized spacial score (nSPS) is 10.8. The third-order valence-electron chi connectivity index (χ3n) is 3.95. The van der Waals surface area contributed by atoms with Crippen molar-refractivity contribution >= 4 is 23.5 Å². The first-order valence-corrected chi connectivity index (χ1v) is 8.73. The van der Waals surface area contributed by atoms with Crippen molar-refractivity contribution in [1.82, 2.24) is 0 Å². The number of carbonyl (C=O) groups excluding carboxylic acids is 3. The van der Waals surface area contributed by atoms with E-state index in [2.05, 4.69) is 10.1 Å². The Morgan fingerprint density at radius 2 is 1.72 bits per heavy atom. The van der Waals surface area contributed by atoms with Gasteiger partial charge in [0.05, 0.1) is 12.7 Å². The molecule has 154 valence electrons. The summed E-state index contributed by atoms with van der Waals surface area (Å²) in [5.74, 6) is -2.03. The zero-order valence-corrected chi connectivity index (χ0v) is 16.6. The second-order valence-electron chi connectivity index (χ2n) is 6.71. The van der Waals surface area contributed by atoms with Gasteiger partial charge in [-0.15, -0.1) is 0 Å². The minimum absolute atomic E-state index is 0.277. The van der Waals surface area contributed by atoms with Gasteiger partial charge in [-0.3, -0.25) is 4.79 Å². The zero-order valence-electron chi connectivity index (χ0n) is 16.6. The quantitative estimate of drug-likeness (QED) is 0.714. The van der Waals surface area contributed by atoms with Crippen LogP contribution in [0, 0.1) is 12.7 Å². The van der Waals surface area contributed by atoms with Crippen LogP contribution in [0.3, 0.4) is 0 Å². The summed E-state index contributed by atoms with van der Waals surface area (Å²) in [5, 5.41) is 2.59. The number of rotatable bonds is 7. The third kappa shape index (κ3) is 6.03. The number of halogens is 1. The molecule has 0 saturated heterocycles. The van der Waals surface area contributed by atoms with Crippen LogP contribution in [0.4, 0.5) is 10.1 Å². The van der Waals surface area contributed by atoms with Crippen molar-refractivity contribution in [2.24, 2.45) is 0 Å². The van der Waals surface area contributed by atoms with Crippen LogP contribution in [0.25, 0.3) is 0 Å². The SMILES string of the molecule is COC(=O)c1ccc(C)c(NC(=O)COC(=O)C(C)(C)Oc2ccc(F)cc2)c1. The van der Waals surface area contributed by atoms with Crippen molar-refractivity contribution in [2.75, 3.05) is 19.0 Å².